The van der Waals surface area contributed by atoms with E-state index in [1.54, 1.807) is 11.9 Å². The molecule has 0 aliphatic carbocycles. The van der Waals surface area contributed by atoms with Crippen molar-refractivity contribution in [1.29, 1.82) is 0 Å². The molecule has 1 saturated heterocycles. The van der Waals surface area contributed by atoms with Gasteiger partial charge in [0.05, 0.1) is 24.9 Å². The van der Waals surface area contributed by atoms with Crippen molar-refractivity contribution in [3.8, 4) is 11.3 Å². The number of nitrogens with zero attached hydrogens (tertiary/aromatic N) is 5. The Morgan fingerprint density at radius 2 is 1.78 bits per heavy atom. The van der Waals surface area contributed by atoms with E-state index in [1.165, 1.54) is 11.3 Å². The number of urea groups is 1. The fraction of sp³-hybridized carbons (Fsp3) is 0.429. The van der Waals surface area contributed by atoms with Gasteiger partial charge in [-0.15, -0.1) is 0 Å². The van der Waals surface area contributed by atoms with Crippen LogP contribution in [0.15, 0.2) is 48.5 Å². The van der Waals surface area contributed by atoms with Crippen molar-refractivity contribution in [3.63, 3.8) is 0 Å². The molecular weight excluding hydrogens is 488 g/mol. The van der Waals surface area contributed by atoms with E-state index in [1.807, 2.05) is 28.9 Å². The van der Waals surface area contributed by atoms with E-state index in [9.17, 15) is 9.90 Å². The van der Waals surface area contributed by atoms with Gasteiger partial charge in [-0.1, -0.05) is 41.9 Å². The second kappa shape index (κ2) is 11.1. The van der Waals surface area contributed by atoms with Crippen LogP contribution in [0.1, 0.15) is 16.8 Å². The third kappa shape index (κ3) is 5.61. The van der Waals surface area contributed by atoms with Gasteiger partial charge < -0.3 is 20.2 Å². The number of nitrogens with one attached hydrogen (secondary N) is 1. The molecule has 1 atom stereocenters. The quantitative estimate of drug-likeness (QED) is 0.519. The molecule has 1 fully saturated rings. The molecule has 2 aliphatic heterocycles. The normalized spacial score (nSPS) is 17.0. The third-order valence-electron chi connectivity index (χ3n) is 7.43. The van der Waals surface area contributed by atoms with Crippen molar-refractivity contribution in [3.05, 3.63) is 70.4 Å². The topological polar surface area (TPSA) is 76.9 Å². The van der Waals surface area contributed by atoms with E-state index in [0.29, 0.717) is 37.6 Å². The van der Waals surface area contributed by atoms with E-state index in [-0.39, 0.29) is 6.03 Å². The summed E-state index contributed by atoms with van der Waals surface area (Å²) < 4.78 is 1.95. The number of rotatable bonds is 6. The number of aryl methyl sites for hydroxylation is 1. The molecule has 9 heteroatoms. The number of para-hydroxylation sites is 1. The summed E-state index contributed by atoms with van der Waals surface area (Å²) in [4.78, 5) is 18.9. The van der Waals surface area contributed by atoms with Gasteiger partial charge in [0.15, 0.2) is 0 Å². The Kier molecular flexibility index (Phi) is 7.69. The Labute approximate surface area is 223 Å². The maximum absolute atomic E-state index is 12.3. The van der Waals surface area contributed by atoms with Crippen LogP contribution < -0.4 is 10.2 Å². The number of piperazine rings is 1. The van der Waals surface area contributed by atoms with Crippen LogP contribution >= 0.6 is 11.6 Å². The lowest BCUT2D eigenvalue weighted by atomic mass is 10.0. The number of anilines is 1. The average molecular weight is 523 g/mol. The number of hydrogen-bond donors (Lipinski definition) is 2. The van der Waals surface area contributed by atoms with Crippen LogP contribution in [0.3, 0.4) is 0 Å². The number of carbonyl (C=O) groups excluding carboxylic acids is 1. The largest absolute Gasteiger partial charge is 0.390 e. The second-order valence-electron chi connectivity index (χ2n) is 9.92. The monoisotopic (exact) mass is 522 g/mol. The summed E-state index contributed by atoms with van der Waals surface area (Å²) in [5, 5.41) is 19.4. The number of β-amino-alcohol motifs (C(OH)–C–C–N with tert-alkyl or cyclic N) is 1. The van der Waals surface area contributed by atoms with Crippen LogP contribution in [0.5, 0.6) is 0 Å². The molecule has 0 bridgehead atoms. The Bertz CT molecular complexity index is 1240. The van der Waals surface area contributed by atoms with Crippen molar-refractivity contribution in [2.75, 3.05) is 51.2 Å². The number of aliphatic hydroxyl groups excluding tert-OH is 1. The Balaban J connectivity index is 1.28. The summed E-state index contributed by atoms with van der Waals surface area (Å²) in [6, 6.07) is 16.0. The SMILES string of the molecule is CNC(=O)N1CCc2c(c(-c3ccc(Cl)cc3)nn2CC(O)CN2CCN(c3ccccc3C)CC2)C1. The minimum absolute atomic E-state index is 0.0923. The van der Waals surface area contributed by atoms with Crippen LogP contribution in [-0.2, 0) is 19.5 Å². The first-order valence-corrected chi connectivity index (χ1v) is 13.3. The van der Waals surface area contributed by atoms with E-state index in [0.717, 1.165) is 48.7 Å². The fourth-order valence-electron chi connectivity index (χ4n) is 5.46. The Morgan fingerprint density at radius 3 is 2.49 bits per heavy atom. The summed E-state index contributed by atoms with van der Waals surface area (Å²) in [7, 11) is 1.65. The molecule has 3 aromatic rings. The van der Waals surface area contributed by atoms with Crippen molar-refractivity contribution in [2.45, 2.75) is 32.5 Å². The first kappa shape index (κ1) is 25.6. The predicted molar refractivity (Wildman–Crippen MR) is 147 cm³/mol. The van der Waals surface area contributed by atoms with Gasteiger partial charge in [0, 0.05) is 80.3 Å². The molecule has 1 unspecified atom stereocenters. The molecule has 2 aromatic carbocycles. The Hall–Kier alpha value is -3.07. The van der Waals surface area contributed by atoms with Crippen LogP contribution in [-0.4, -0.2) is 83.1 Å². The van der Waals surface area contributed by atoms with Crippen molar-refractivity contribution >= 4 is 23.3 Å². The smallest absolute Gasteiger partial charge is 0.317 e. The number of hydrogen-bond acceptors (Lipinski definition) is 5. The lowest BCUT2D eigenvalue weighted by Gasteiger charge is -2.37. The first-order valence-electron chi connectivity index (χ1n) is 12.9. The molecule has 5 rings (SSSR count). The molecule has 3 heterocycles. The van der Waals surface area contributed by atoms with E-state index in [4.69, 9.17) is 16.7 Å². The molecule has 0 radical (unpaired) electrons. The average Bonchev–Trinajstić information content (AvgIpc) is 3.26. The number of amides is 2. The lowest BCUT2D eigenvalue weighted by Crippen LogP contribution is -2.49. The number of carbonyl (C=O) groups is 1. The van der Waals surface area contributed by atoms with Gasteiger partial charge in [-0.25, -0.2) is 4.79 Å². The van der Waals surface area contributed by atoms with Gasteiger partial charge in [0.1, 0.15) is 0 Å². The molecule has 0 spiro atoms. The molecule has 196 valence electrons. The molecule has 0 saturated carbocycles. The maximum atomic E-state index is 12.3. The van der Waals surface area contributed by atoms with Gasteiger partial charge in [-0.2, -0.15) is 5.10 Å². The van der Waals surface area contributed by atoms with Crippen LogP contribution in [0.4, 0.5) is 10.5 Å². The molecule has 1 aromatic heterocycles. The van der Waals surface area contributed by atoms with E-state index < -0.39 is 6.10 Å². The Morgan fingerprint density at radius 1 is 1.05 bits per heavy atom. The number of aliphatic hydroxyl groups is 1. The number of aromatic nitrogens is 2. The van der Waals surface area contributed by atoms with Gasteiger partial charge in [0.25, 0.3) is 0 Å². The van der Waals surface area contributed by atoms with Gasteiger partial charge in [0.2, 0.25) is 0 Å². The minimum Gasteiger partial charge on any atom is -0.390 e. The van der Waals surface area contributed by atoms with E-state index >= 15 is 0 Å². The summed E-state index contributed by atoms with van der Waals surface area (Å²) in [5.41, 5.74) is 6.53. The van der Waals surface area contributed by atoms with Gasteiger partial charge in [-0.05, 0) is 30.7 Å². The predicted octanol–water partition coefficient (Wildman–Crippen LogP) is 3.39. The van der Waals surface area contributed by atoms with Crippen molar-refractivity contribution < 1.29 is 9.90 Å². The highest BCUT2D eigenvalue weighted by Crippen LogP contribution is 2.31. The maximum Gasteiger partial charge on any atom is 0.317 e. The van der Waals surface area contributed by atoms with Crippen molar-refractivity contribution in [2.24, 2.45) is 0 Å². The zero-order valence-electron chi connectivity index (χ0n) is 21.5. The number of fused-ring (bicyclic) bond motifs is 1. The van der Waals surface area contributed by atoms with Crippen LogP contribution in [0.2, 0.25) is 5.02 Å². The molecule has 2 amide bonds. The number of halogens is 1. The minimum atomic E-state index is -0.538. The highest BCUT2D eigenvalue weighted by molar-refractivity contribution is 6.30. The van der Waals surface area contributed by atoms with Crippen LogP contribution in [0.25, 0.3) is 11.3 Å². The summed E-state index contributed by atoms with van der Waals surface area (Å²) >= 11 is 6.12. The zero-order chi connectivity index (χ0) is 25.9. The van der Waals surface area contributed by atoms with Gasteiger partial charge in [-0.3, -0.25) is 9.58 Å². The highest BCUT2D eigenvalue weighted by atomic mass is 35.5. The summed E-state index contributed by atoms with van der Waals surface area (Å²) in [5.74, 6) is 0. The zero-order valence-corrected chi connectivity index (χ0v) is 22.3. The number of benzene rings is 2. The van der Waals surface area contributed by atoms with Crippen molar-refractivity contribution in [1.82, 2.24) is 24.9 Å². The summed E-state index contributed by atoms with van der Waals surface area (Å²) in [6.07, 6.45) is 0.162. The third-order valence-corrected chi connectivity index (χ3v) is 7.69. The lowest BCUT2D eigenvalue weighted by molar-refractivity contribution is 0.0909. The first-order chi connectivity index (χ1) is 17.9. The standard InChI is InChI=1S/C28H35ClN6O2/c1-20-5-3-4-6-25(20)33-15-13-32(14-16-33)17-23(36)18-35-26-11-12-34(28(37)30-2)19-24(26)27(31-35)21-7-9-22(29)10-8-21/h3-10,23,36H,11-19H2,1-2H3,(H,30,37). The molecule has 2 aliphatic rings. The highest BCUT2D eigenvalue weighted by Gasteiger charge is 2.29. The van der Waals surface area contributed by atoms with E-state index in [2.05, 4.69) is 46.3 Å². The van der Waals surface area contributed by atoms with Gasteiger partial charge >= 0.3 is 6.03 Å². The molecule has 2 N–H and O–H groups in total. The molecule has 8 nitrogen and oxygen atoms in total. The summed E-state index contributed by atoms with van der Waals surface area (Å²) in [6.45, 7) is 8.03. The molecule has 37 heavy (non-hydrogen) atoms. The molecular formula is C28H35ClN6O2. The van der Waals surface area contributed by atoms with Crippen LogP contribution in [0, 0.1) is 6.92 Å². The fourth-order valence-corrected chi connectivity index (χ4v) is 5.58. The second-order valence-corrected chi connectivity index (χ2v) is 10.4.